The van der Waals surface area contributed by atoms with Gasteiger partial charge in [-0.25, -0.2) is 14.8 Å². The van der Waals surface area contributed by atoms with E-state index in [0.717, 1.165) is 11.3 Å². The topological polar surface area (TPSA) is 184 Å². The largest absolute Gasteiger partial charge is 0.477 e. The molecule has 4 heterocycles. The van der Waals surface area contributed by atoms with Gasteiger partial charge in [0, 0.05) is 16.9 Å². The SMILES string of the molecule is Cc1nsc(SCC2=C(C(=O)O)N3C(=O)C(NC(=O)C(=NO)c4csc(N)n4)[C@@H]3SC2)n1. The van der Waals surface area contributed by atoms with Crippen LogP contribution in [0.5, 0.6) is 0 Å². The van der Waals surface area contributed by atoms with Gasteiger partial charge in [0.25, 0.3) is 11.8 Å². The maximum atomic E-state index is 12.8. The van der Waals surface area contributed by atoms with Crippen molar-refractivity contribution >= 4 is 75.0 Å². The molecule has 0 aliphatic carbocycles. The molecule has 2 atom stereocenters. The van der Waals surface area contributed by atoms with Crippen molar-refractivity contribution in [2.45, 2.75) is 22.7 Å². The highest BCUT2D eigenvalue weighted by atomic mass is 32.2. The highest BCUT2D eigenvalue weighted by molar-refractivity contribution is 8.01. The van der Waals surface area contributed by atoms with E-state index in [1.807, 2.05) is 0 Å². The minimum Gasteiger partial charge on any atom is -0.477 e. The second-order valence-corrected chi connectivity index (χ2v) is 10.5. The van der Waals surface area contributed by atoms with Crippen LogP contribution in [-0.2, 0) is 14.4 Å². The van der Waals surface area contributed by atoms with E-state index < -0.39 is 29.2 Å². The van der Waals surface area contributed by atoms with E-state index in [4.69, 9.17) is 5.73 Å². The summed E-state index contributed by atoms with van der Waals surface area (Å²) in [4.78, 5) is 46.6. The van der Waals surface area contributed by atoms with E-state index in [0.29, 0.717) is 27.2 Å². The minimum atomic E-state index is -1.21. The van der Waals surface area contributed by atoms with Gasteiger partial charge in [-0.05, 0) is 24.0 Å². The number of anilines is 1. The standard InChI is InChI=1S/C16H15N7O5S4/c1-5-18-16(32-22-5)31-3-6-2-29-13-9(12(25)23(13)10(6)14(26)27)20-11(24)8(21-28)7-4-30-15(17)19-7/h4,9,13,28H,2-3H2,1H3,(H2,17,19)(H,20,24)(H,26,27)/t9?,13-/m0/s1. The van der Waals surface area contributed by atoms with Gasteiger partial charge in [0.1, 0.15) is 28.6 Å². The second-order valence-electron chi connectivity index (χ2n) is 6.53. The number of β-lactam (4-membered cyclic amide) rings is 1. The molecule has 12 nitrogen and oxygen atoms in total. The first-order valence-electron chi connectivity index (χ1n) is 8.87. The number of aliphatic carboxylic acids is 1. The molecule has 0 aromatic carbocycles. The van der Waals surface area contributed by atoms with Crippen LogP contribution in [0.4, 0.5) is 5.13 Å². The summed E-state index contributed by atoms with van der Waals surface area (Å²) in [6.45, 7) is 1.77. The molecular formula is C16H15N7O5S4. The van der Waals surface area contributed by atoms with Crippen LogP contribution in [0.3, 0.4) is 0 Å². The average molecular weight is 514 g/mol. The third kappa shape index (κ3) is 4.17. The number of carboxylic acid groups (broad SMARTS) is 1. The summed E-state index contributed by atoms with van der Waals surface area (Å²) in [5.41, 5.74) is 5.74. The summed E-state index contributed by atoms with van der Waals surface area (Å²) in [5.74, 6) is -1.22. The van der Waals surface area contributed by atoms with Gasteiger partial charge in [0.05, 0.1) is 0 Å². The number of rotatable bonds is 7. The van der Waals surface area contributed by atoms with Gasteiger partial charge in [-0.15, -0.1) is 23.1 Å². The molecule has 2 aromatic heterocycles. The Balaban J connectivity index is 1.48. The molecule has 2 aliphatic rings. The number of carbonyl (C=O) groups excluding carboxylic acids is 2. The van der Waals surface area contributed by atoms with E-state index in [9.17, 15) is 24.7 Å². The summed E-state index contributed by atoms with van der Waals surface area (Å²) >= 11 is 5.00. The number of nitrogens with zero attached hydrogens (tertiary/aromatic N) is 5. The third-order valence-electron chi connectivity index (χ3n) is 4.49. The van der Waals surface area contributed by atoms with Crippen molar-refractivity contribution in [2.24, 2.45) is 5.16 Å². The van der Waals surface area contributed by atoms with E-state index in [1.54, 1.807) is 6.92 Å². The highest BCUT2D eigenvalue weighted by Crippen LogP contribution is 2.41. The number of aromatic nitrogens is 3. The lowest BCUT2D eigenvalue weighted by molar-refractivity contribution is -0.150. The van der Waals surface area contributed by atoms with Crippen molar-refractivity contribution in [3.63, 3.8) is 0 Å². The van der Waals surface area contributed by atoms with E-state index in [1.165, 1.54) is 45.3 Å². The summed E-state index contributed by atoms with van der Waals surface area (Å²) < 4.78 is 4.81. The molecule has 2 aromatic rings. The predicted molar refractivity (Wildman–Crippen MR) is 120 cm³/mol. The molecule has 0 bridgehead atoms. The van der Waals surface area contributed by atoms with Gasteiger partial charge in [0.15, 0.2) is 15.2 Å². The number of hydrogen-bond donors (Lipinski definition) is 4. The molecule has 2 amide bonds. The quantitative estimate of drug-likeness (QED) is 0.134. The van der Waals surface area contributed by atoms with Gasteiger partial charge < -0.3 is 21.4 Å². The maximum Gasteiger partial charge on any atom is 0.352 e. The number of fused-ring (bicyclic) bond motifs is 1. The van der Waals surface area contributed by atoms with Crippen molar-refractivity contribution in [1.82, 2.24) is 24.6 Å². The number of oxime groups is 1. The van der Waals surface area contributed by atoms with Crippen molar-refractivity contribution in [3.8, 4) is 0 Å². The van der Waals surface area contributed by atoms with Gasteiger partial charge >= 0.3 is 5.97 Å². The lowest BCUT2D eigenvalue weighted by Gasteiger charge is -2.49. The van der Waals surface area contributed by atoms with Crippen molar-refractivity contribution in [2.75, 3.05) is 17.2 Å². The van der Waals surface area contributed by atoms with Crippen LogP contribution in [0, 0.1) is 6.92 Å². The highest BCUT2D eigenvalue weighted by Gasteiger charge is 2.54. The Hall–Kier alpha value is -2.69. The van der Waals surface area contributed by atoms with E-state index >= 15 is 0 Å². The molecule has 16 heteroatoms. The Morgan fingerprint density at radius 3 is 2.81 bits per heavy atom. The second kappa shape index (κ2) is 9.05. The summed E-state index contributed by atoms with van der Waals surface area (Å²) in [6.07, 6.45) is 0. The van der Waals surface area contributed by atoms with Crippen LogP contribution < -0.4 is 11.1 Å². The number of nitrogens with one attached hydrogen (secondary N) is 1. The zero-order chi connectivity index (χ0) is 23.0. The van der Waals surface area contributed by atoms with Crippen molar-refractivity contribution < 1.29 is 24.7 Å². The molecule has 2 aliphatic heterocycles. The smallest absolute Gasteiger partial charge is 0.352 e. The van der Waals surface area contributed by atoms with E-state index in [-0.39, 0.29) is 22.2 Å². The molecular weight excluding hydrogens is 498 g/mol. The molecule has 0 radical (unpaired) electrons. The number of carbonyl (C=O) groups is 3. The summed E-state index contributed by atoms with van der Waals surface area (Å²) in [7, 11) is 0. The van der Waals surface area contributed by atoms with Gasteiger partial charge in [-0.3, -0.25) is 14.5 Å². The summed E-state index contributed by atoms with van der Waals surface area (Å²) in [5, 5.41) is 25.5. The molecule has 0 spiro atoms. The van der Waals surface area contributed by atoms with Gasteiger partial charge in [-0.2, -0.15) is 4.37 Å². The number of nitrogens with two attached hydrogens (primary N) is 1. The molecule has 1 unspecified atom stereocenters. The Labute approximate surface area is 197 Å². The Bertz CT molecular complexity index is 1160. The van der Waals surface area contributed by atoms with Crippen molar-refractivity contribution in [3.05, 3.63) is 28.2 Å². The molecule has 5 N–H and O–H groups in total. The molecule has 0 saturated carbocycles. The number of hydrogen-bond acceptors (Lipinski definition) is 13. The number of aryl methyl sites for hydroxylation is 1. The first-order chi connectivity index (χ1) is 15.3. The zero-order valence-corrected chi connectivity index (χ0v) is 19.5. The first kappa shape index (κ1) is 22.5. The van der Waals surface area contributed by atoms with Crippen molar-refractivity contribution in [1.29, 1.82) is 0 Å². The molecule has 1 fully saturated rings. The van der Waals surface area contributed by atoms with Crippen LogP contribution in [-0.4, -0.2) is 76.0 Å². The molecule has 1 saturated heterocycles. The maximum absolute atomic E-state index is 12.8. The lowest BCUT2D eigenvalue weighted by Crippen LogP contribution is -2.71. The normalized spacial score (nSPS) is 20.7. The molecule has 32 heavy (non-hydrogen) atoms. The summed E-state index contributed by atoms with van der Waals surface area (Å²) in [6, 6.07) is -0.963. The van der Waals surface area contributed by atoms with Gasteiger partial charge in [-0.1, -0.05) is 16.9 Å². The Kier molecular flexibility index (Phi) is 6.36. The fourth-order valence-electron chi connectivity index (χ4n) is 3.10. The lowest BCUT2D eigenvalue weighted by atomic mass is 10.0. The predicted octanol–water partition coefficient (Wildman–Crippen LogP) is 0.594. The Morgan fingerprint density at radius 2 is 2.22 bits per heavy atom. The number of nitrogen functional groups attached to an aromatic ring is 1. The third-order valence-corrected chi connectivity index (χ3v) is 8.52. The van der Waals surface area contributed by atoms with Crippen LogP contribution in [0.1, 0.15) is 11.5 Å². The molecule has 168 valence electrons. The monoisotopic (exact) mass is 513 g/mol. The fraction of sp³-hybridized carbons (Fsp3) is 0.312. The van der Waals surface area contributed by atoms with Crippen LogP contribution in [0.15, 0.2) is 26.1 Å². The fourth-order valence-corrected chi connectivity index (χ4v) is 6.78. The van der Waals surface area contributed by atoms with Gasteiger partial charge in [0.2, 0.25) is 0 Å². The number of thioether (sulfide) groups is 2. The first-order valence-corrected chi connectivity index (χ1v) is 12.6. The molecule has 4 rings (SSSR count). The number of carboxylic acids is 1. The van der Waals surface area contributed by atoms with Crippen LogP contribution >= 0.6 is 46.4 Å². The Morgan fingerprint density at radius 1 is 1.44 bits per heavy atom. The zero-order valence-electron chi connectivity index (χ0n) is 16.2. The number of amides is 2. The van der Waals surface area contributed by atoms with E-state index in [2.05, 4.69) is 24.8 Å². The van der Waals surface area contributed by atoms with Crippen LogP contribution in [0.2, 0.25) is 0 Å². The minimum absolute atomic E-state index is 0.0739. The van der Waals surface area contributed by atoms with Crippen LogP contribution in [0.25, 0.3) is 0 Å². The average Bonchev–Trinajstić information content (AvgIpc) is 3.38. The number of thiazole rings is 1.